The molecule has 0 heteroatoms. The Morgan fingerprint density at radius 2 is 1.90 bits per heavy atom. The van der Waals surface area contributed by atoms with Crippen molar-refractivity contribution < 1.29 is 0 Å². The summed E-state index contributed by atoms with van der Waals surface area (Å²) >= 11 is 0. The highest BCUT2D eigenvalue weighted by Crippen LogP contribution is 2.33. The van der Waals surface area contributed by atoms with Gasteiger partial charge < -0.3 is 0 Å². The predicted octanol–water partition coefficient (Wildman–Crippen LogP) is 6.65. The van der Waals surface area contributed by atoms with Crippen LogP contribution in [0.15, 0.2) is 30.3 Å². The van der Waals surface area contributed by atoms with E-state index >= 15 is 0 Å². The lowest BCUT2D eigenvalue weighted by atomic mass is 9.81. The third-order valence-electron chi connectivity index (χ3n) is 5.10. The first-order valence-corrected chi connectivity index (χ1v) is 9.01. The van der Waals surface area contributed by atoms with E-state index in [0.29, 0.717) is 0 Å². The molecule has 0 amide bonds. The minimum absolute atomic E-state index is 0.891. The summed E-state index contributed by atoms with van der Waals surface area (Å²) in [4.78, 5) is 0. The Labute approximate surface area is 131 Å². The lowest BCUT2D eigenvalue weighted by Gasteiger charge is -2.24. The van der Waals surface area contributed by atoms with Crippen molar-refractivity contribution in [1.29, 1.82) is 0 Å². The number of unbranched alkanes of at least 4 members (excludes halogenated alkanes) is 1. The second-order valence-electron chi connectivity index (χ2n) is 6.92. The van der Waals surface area contributed by atoms with Crippen LogP contribution in [-0.4, -0.2) is 0 Å². The second kappa shape index (κ2) is 8.41. The average molecular weight is 284 g/mol. The van der Waals surface area contributed by atoms with Crippen LogP contribution in [0.25, 0.3) is 5.57 Å². The van der Waals surface area contributed by atoms with E-state index in [1.807, 2.05) is 0 Å². The summed E-state index contributed by atoms with van der Waals surface area (Å²) in [5, 5.41) is 0. The smallest absolute Gasteiger partial charge is 0.0228 e. The minimum Gasteiger partial charge on any atom is -0.0804 e. The molecule has 0 saturated heterocycles. The zero-order chi connectivity index (χ0) is 15.1. The third kappa shape index (κ3) is 5.02. The number of hydrogen-bond donors (Lipinski definition) is 0. The highest BCUT2D eigenvalue weighted by molar-refractivity contribution is 5.66. The van der Waals surface area contributed by atoms with Gasteiger partial charge in [-0.1, -0.05) is 64.0 Å². The topological polar surface area (TPSA) is 0 Å². The zero-order valence-electron chi connectivity index (χ0n) is 14.2. The van der Waals surface area contributed by atoms with Crippen molar-refractivity contribution in [2.45, 2.75) is 72.1 Å². The third-order valence-corrected chi connectivity index (χ3v) is 5.10. The summed E-state index contributed by atoms with van der Waals surface area (Å²) in [6.07, 6.45) is 13.0. The summed E-state index contributed by atoms with van der Waals surface area (Å²) in [6.45, 7) is 6.97. The highest BCUT2D eigenvalue weighted by Gasteiger charge is 2.17. The quantitative estimate of drug-likeness (QED) is 0.526. The van der Waals surface area contributed by atoms with Gasteiger partial charge in [0, 0.05) is 0 Å². The van der Waals surface area contributed by atoms with Gasteiger partial charge in [0.2, 0.25) is 0 Å². The van der Waals surface area contributed by atoms with Crippen LogP contribution in [0, 0.1) is 11.8 Å². The molecule has 1 aliphatic rings. The molecule has 0 spiro atoms. The fraction of sp³-hybridized carbons (Fsp3) is 0.619. The molecule has 116 valence electrons. The van der Waals surface area contributed by atoms with Gasteiger partial charge in [0.1, 0.15) is 0 Å². The maximum atomic E-state index is 2.51. The molecule has 0 fully saturated rings. The van der Waals surface area contributed by atoms with Crippen molar-refractivity contribution in [3.05, 3.63) is 41.5 Å². The van der Waals surface area contributed by atoms with Crippen molar-refractivity contribution in [2.75, 3.05) is 0 Å². The molecule has 0 radical (unpaired) electrons. The van der Waals surface area contributed by atoms with Crippen LogP contribution in [-0.2, 0) is 6.42 Å². The highest BCUT2D eigenvalue weighted by atomic mass is 14.2. The molecular formula is C21H32. The van der Waals surface area contributed by atoms with Crippen molar-refractivity contribution in [2.24, 2.45) is 11.8 Å². The summed E-state index contributed by atoms with van der Waals surface area (Å²) in [6, 6.07) is 9.34. The molecule has 0 nitrogen and oxygen atoms in total. The standard InChI is InChI=1S/C21H32/c1-4-6-7-18-8-12-20(13-9-18)21-14-10-19(11-15-21)16-17(3)5-2/h8-9,12-14,17,19H,4-7,10-11,15-16H2,1-3H3. The first-order valence-electron chi connectivity index (χ1n) is 9.01. The number of benzene rings is 1. The Morgan fingerprint density at radius 1 is 1.14 bits per heavy atom. The number of aryl methyl sites for hydroxylation is 1. The van der Waals surface area contributed by atoms with Crippen LogP contribution in [0.5, 0.6) is 0 Å². The maximum absolute atomic E-state index is 2.51. The van der Waals surface area contributed by atoms with Gasteiger partial charge in [0.05, 0.1) is 0 Å². The molecule has 0 N–H and O–H groups in total. The van der Waals surface area contributed by atoms with Crippen LogP contribution in [0.2, 0.25) is 0 Å². The van der Waals surface area contributed by atoms with Gasteiger partial charge in [0.15, 0.2) is 0 Å². The van der Waals surface area contributed by atoms with Crippen LogP contribution in [0.4, 0.5) is 0 Å². The van der Waals surface area contributed by atoms with E-state index in [0.717, 1.165) is 11.8 Å². The van der Waals surface area contributed by atoms with Crippen molar-refractivity contribution in [3.8, 4) is 0 Å². The van der Waals surface area contributed by atoms with Gasteiger partial charge in [-0.2, -0.15) is 0 Å². The maximum Gasteiger partial charge on any atom is -0.0228 e. The van der Waals surface area contributed by atoms with Crippen molar-refractivity contribution in [3.63, 3.8) is 0 Å². The summed E-state index contributed by atoms with van der Waals surface area (Å²) in [5.41, 5.74) is 4.53. The van der Waals surface area contributed by atoms with Crippen LogP contribution < -0.4 is 0 Å². The number of allylic oxidation sites excluding steroid dienone is 2. The van der Waals surface area contributed by atoms with Gasteiger partial charge in [-0.15, -0.1) is 0 Å². The Kier molecular flexibility index (Phi) is 6.54. The van der Waals surface area contributed by atoms with E-state index in [1.54, 1.807) is 5.57 Å². The van der Waals surface area contributed by atoms with Crippen molar-refractivity contribution in [1.82, 2.24) is 0 Å². The first kappa shape index (κ1) is 16.3. The van der Waals surface area contributed by atoms with Crippen LogP contribution in [0.1, 0.15) is 76.8 Å². The molecule has 2 rings (SSSR count). The van der Waals surface area contributed by atoms with Crippen LogP contribution >= 0.6 is 0 Å². The SMILES string of the molecule is CCCCc1ccc(C2=CCC(CC(C)CC)CC2)cc1. The van der Waals surface area contributed by atoms with Gasteiger partial charge in [-0.05, 0) is 67.1 Å². The first-order chi connectivity index (χ1) is 10.2. The Hall–Kier alpha value is -1.04. The van der Waals surface area contributed by atoms with Crippen LogP contribution in [0.3, 0.4) is 0 Å². The Bertz CT molecular complexity index is 438. The van der Waals surface area contributed by atoms with Crippen molar-refractivity contribution >= 4 is 5.57 Å². The second-order valence-corrected chi connectivity index (χ2v) is 6.92. The predicted molar refractivity (Wildman–Crippen MR) is 94.4 cm³/mol. The minimum atomic E-state index is 0.891. The number of rotatable bonds is 7. The molecule has 0 aromatic heterocycles. The zero-order valence-corrected chi connectivity index (χ0v) is 14.2. The van der Waals surface area contributed by atoms with E-state index in [9.17, 15) is 0 Å². The van der Waals surface area contributed by atoms with Gasteiger partial charge in [0.25, 0.3) is 0 Å². The molecule has 0 heterocycles. The molecule has 0 bridgehead atoms. The van der Waals surface area contributed by atoms with E-state index in [2.05, 4.69) is 51.1 Å². The van der Waals surface area contributed by atoms with E-state index < -0.39 is 0 Å². The van der Waals surface area contributed by atoms with Gasteiger partial charge in [-0.25, -0.2) is 0 Å². The average Bonchev–Trinajstić information content (AvgIpc) is 2.54. The Morgan fingerprint density at radius 3 is 2.48 bits per heavy atom. The fourth-order valence-electron chi connectivity index (χ4n) is 3.37. The molecule has 2 unspecified atom stereocenters. The summed E-state index contributed by atoms with van der Waals surface area (Å²) in [5.74, 6) is 1.82. The molecule has 0 saturated carbocycles. The van der Waals surface area contributed by atoms with E-state index in [4.69, 9.17) is 0 Å². The molecule has 21 heavy (non-hydrogen) atoms. The van der Waals surface area contributed by atoms with Gasteiger partial charge >= 0.3 is 0 Å². The lowest BCUT2D eigenvalue weighted by molar-refractivity contribution is 0.362. The van der Waals surface area contributed by atoms with E-state index in [1.165, 1.54) is 62.5 Å². The largest absolute Gasteiger partial charge is 0.0804 e. The van der Waals surface area contributed by atoms with E-state index in [-0.39, 0.29) is 0 Å². The molecule has 1 aromatic carbocycles. The molecule has 0 aliphatic heterocycles. The van der Waals surface area contributed by atoms with Gasteiger partial charge in [-0.3, -0.25) is 0 Å². The molecule has 2 atom stereocenters. The molecular weight excluding hydrogens is 252 g/mol. The summed E-state index contributed by atoms with van der Waals surface area (Å²) in [7, 11) is 0. The number of hydrogen-bond acceptors (Lipinski definition) is 0. The molecule has 1 aliphatic carbocycles. The normalized spacial score (nSPS) is 20.1. The monoisotopic (exact) mass is 284 g/mol. The summed E-state index contributed by atoms with van der Waals surface area (Å²) < 4.78 is 0. The lowest BCUT2D eigenvalue weighted by Crippen LogP contribution is -2.09. The molecule has 1 aromatic rings. The fourth-order valence-corrected chi connectivity index (χ4v) is 3.37. The Balaban J connectivity index is 1.91.